The summed E-state index contributed by atoms with van der Waals surface area (Å²) in [6.07, 6.45) is 10.0. The maximum absolute atomic E-state index is 7.50. The maximum atomic E-state index is 7.50. The molecule has 17 heavy (non-hydrogen) atoms. The van der Waals surface area contributed by atoms with E-state index in [4.69, 9.17) is 9.30 Å². The molecule has 0 fully saturated rings. The van der Waals surface area contributed by atoms with E-state index in [-0.39, 0.29) is 17.1 Å². The van der Waals surface area contributed by atoms with Gasteiger partial charge in [-0.25, -0.2) is 0 Å². The van der Waals surface area contributed by atoms with E-state index in [1.807, 2.05) is 61.1 Å². The van der Waals surface area contributed by atoms with E-state index < -0.39 is 0 Å². The average molecular weight is 286 g/mol. The molecule has 2 rings (SSSR count). The summed E-state index contributed by atoms with van der Waals surface area (Å²) in [7, 11) is 2.63. The van der Waals surface area contributed by atoms with Crippen molar-refractivity contribution in [2.75, 3.05) is 0 Å². The molecular weight excluding hydrogens is 274 g/mol. The Bertz CT molecular complexity index is 326. The Kier molecular flexibility index (Phi) is 25.9. The van der Waals surface area contributed by atoms with Crippen molar-refractivity contribution in [1.82, 2.24) is 0 Å². The third kappa shape index (κ3) is 17.7. The van der Waals surface area contributed by atoms with Crippen LogP contribution in [-0.2, 0) is 26.4 Å². The van der Waals surface area contributed by atoms with Crippen molar-refractivity contribution >= 4 is 14.5 Å². The van der Waals surface area contributed by atoms with Crippen molar-refractivity contribution in [3.63, 3.8) is 0 Å². The molecular formula is C13H12MnO2P. The number of hydrogen-bond donors (Lipinski definition) is 0. The summed E-state index contributed by atoms with van der Waals surface area (Å²) >= 11 is 0. The molecule has 0 aromatic heterocycles. The van der Waals surface area contributed by atoms with Gasteiger partial charge in [0, 0.05) is 23.5 Å². The molecule has 0 amide bonds. The molecule has 0 heterocycles. The van der Waals surface area contributed by atoms with Crippen LogP contribution in [-0.4, -0.2) is 0 Å². The maximum Gasteiger partial charge on any atom is 0.00506 e. The van der Waals surface area contributed by atoms with Gasteiger partial charge in [0.2, 0.25) is 0 Å². The predicted octanol–water partition coefficient (Wildman–Crippen LogP) is 2.43. The summed E-state index contributed by atoms with van der Waals surface area (Å²) in [6, 6.07) is 10.1. The zero-order valence-corrected chi connectivity index (χ0v) is 11.4. The average Bonchev–Trinajstić information content (AvgIpc) is 2.94. The van der Waals surface area contributed by atoms with E-state index in [1.54, 1.807) is 0 Å². The largest absolute Gasteiger partial charge is 0.0767 e. The zero-order chi connectivity index (χ0) is 12.6. The molecule has 0 aliphatic heterocycles. The van der Waals surface area contributed by atoms with E-state index in [0.717, 1.165) is 0 Å². The first-order valence-corrected chi connectivity index (χ1v) is 4.85. The molecule has 0 spiro atoms. The van der Waals surface area contributed by atoms with Gasteiger partial charge in [-0.2, -0.15) is 0 Å². The second kappa shape index (κ2) is 20.5. The van der Waals surface area contributed by atoms with E-state index in [9.17, 15) is 0 Å². The predicted molar refractivity (Wildman–Crippen MR) is 66.2 cm³/mol. The van der Waals surface area contributed by atoms with Crippen molar-refractivity contribution in [2.24, 2.45) is 0 Å². The first-order valence-electron chi connectivity index (χ1n) is 4.27. The van der Waals surface area contributed by atoms with Crippen molar-refractivity contribution in [3.8, 4) is 0 Å². The van der Waals surface area contributed by atoms with Crippen LogP contribution >= 0.6 is 9.24 Å². The molecule has 0 saturated heterocycles. The Morgan fingerprint density at radius 1 is 0.765 bits per heavy atom. The summed E-state index contributed by atoms with van der Waals surface area (Å²) < 4.78 is 15.0. The monoisotopic (exact) mass is 286 g/mol. The fraction of sp³-hybridized carbons (Fsp3) is 0. The van der Waals surface area contributed by atoms with Crippen molar-refractivity contribution in [2.45, 2.75) is 0 Å². The number of hydrogen-bond acceptors (Lipinski definition) is 0. The second-order valence-electron chi connectivity index (χ2n) is 2.37. The second-order valence-corrected chi connectivity index (χ2v) is 3.04. The topological polar surface area (TPSA) is 39.8 Å². The van der Waals surface area contributed by atoms with Crippen molar-refractivity contribution in [3.05, 3.63) is 74.4 Å². The first kappa shape index (κ1) is 21.4. The van der Waals surface area contributed by atoms with Gasteiger partial charge in [-0.3, -0.25) is 0 Å². The number of allylic oxidation sites excluding steroid dienone is 4. The van der Waals surface area contributed by atoms with Crippen molar-refractivity contribution < 1.29 is 26.4 Å². The van der Waals surface area contributed by atoms with Crippen LogP contribution < -0.4 is 5.30 Å². The molecule has 0 saturated carbocycles. The van der Waals surface area contributed by atoms with Crippen LogP contribution in [0.5, 0.6) is 0 Å². The van der Waals surface area contributed by atoms with Gasteiger partial charge in [0.25, 0.3) is 0 Å². The van der Waals surface area contributed by atoms with Gasteiger partial charge < -0.3 is 0 Å². The van der Waals surface area contributed by atoms with Crippen LogP contribution in [0.15, 0.2) is 54.6 Å². The number of rotatable bonds is 0. The first-order chi connectivity index (χ1) is 7.89. The third-order valence-electron chi connectivity index (χ3n) is 1.36. The summed E-state index contributed by atoms with van der Waals surface area (Å²) in [5.74, 6) is 0. The molecule has 2 nitrogen and oxygen atoms in total. The molecule has 1 unspecified atom stereocenters. The Hall–Kier alpha value is -0.871. The van der Waals surface area contributed by atoms with Gasteiger partial charge in [0.1, 0.15) is 0 Å². The van der Waals surface area contributed by atoms with Crippen LogP contribution in [0.3, 0.4) is 0 Å². The molecule has 88 valence electrons. The van der Waals surface area contributed by atoms with E-state index in [0.29, 0.717) is 0 Å². The minimum absolute atomic E-state index is 0. The van der Waals surface area contributed by atoms with E-state index in [1.165, 1.54) is 5.30 Å². The van der Waals surface area contributed by atoms with Crippen LogP contribution in [0.2, 0.25) is 0 Å². The molecule has 0 N–H and O–H groups in total. The van der Waals surface area contributed by atoms with E-state index in [2.05, 4.69) is 22.5 Å². The molecule has 0 bridgehead atoms. The molecule has 1 aromatic rings. The Labute approximate surface area is 115 Å². The van der Waals surface area contributed by atoms with Gasteiger partial charge >= 0.3 is 22.6 Å². The van der Waals surface area contributed by atoms with Crippen LogP contribution in [0, 0.1) is 19.7 Å². The van der Waals surface area contributed by atoms with Crippen molar-refractivity contribution in [1.29, 1.82) is 0 Å². The minimum atomic E-state index is 0. The van der Waals surface area contributed by atoms with Crippen LogP contribution in [0.1, 0.15) is 0 Å². The fourth-order valence-corrected chi connectivity index (χ4v) is 0.996. The molecule has 1 aliphatic rings. The van der Waals surface area contributed by atoms with Gasteiger partial charge in [0.05, 0.1) is 0 Å². The Balaban J connectivity index is -0.000000175. The molecule has 2 radical (unpaired) electrons. The summed E-state index contributed by atoms with van der Waals surface area (Å²) in [5, 5.41) is 1.24. The van der Waals surface area contributed by atoms with Gasteiger partial charge in [-0.15, -0.1) is 9.24 Å². The van der Waals surface area contributed by atoms with E-state index >= 15 is 0 Å². The Morgan fingerprint density at radius 3 is 1.35 bits per heavy atom. The third-order valence-corrected chi connectivity index (χ3v) is 1.74. The van der Waals surface area contributed by atoms with Gasteiger partial charge in [-0.1, -0.05) is 54.6 Å². The minimum Gasteiger partial charge on any atom is -0.0767 e. The Morgan fingerprint density at radius 2 is 1.18 bits per heavy atom. The molecule has 1 atom stereocenters. The molecule has 1 aliphatic carbocycles. The van der Waals surface area contributed by atoms with Gasteiger partial charge in [0.15, 0.2) is 0 Å². The smallest absolute Gasteiger partial charge is 0.00506 e. The number of benzene rings is 1. The zero-order valence-electron chi connectivity index (χ0n) is 9.05. The van der Waals surface area contributed by atoms with Crippen LogP contribution in [0.25, 0.3) is 0 Å². The quantitative estimate of drug-likeness (QED) is 0.304. The normalized spacial score (nSPS) is 9.00. The van der Waals surface area contributed by atoms with Crippen LogP contribution in [0.4, 0.5) is 0 Å². The summed E-state index contributed by atoms with van der Waals surface area (Å²) in [6.45, 7) is 9.00. The molecule has 1 aromatic carbocycles. The summed E-state index contributed by atoms with van der Waals surface area (Å²) in [5.41, 5.74) is 0. The van der Waals surface area contributed by atoms with Gasteiger partial charge in [-0.05, 0) is 5.30 Å². The molecule has 4 heteroatoms. The fourth-order valence-electron chi connectivity index (χ4n) is 0.774. The SMILES string of the molecule is Pc1ccccc1.[C-]#[O+].[C-]#[O+].[CH]1C=CC=C1.[Mn]. The standard InChI is InChI=1S/C6H7P.C5H5.2CO.Mn/c7-6-4-2-1-3-5-6;1-2-4-5-3-1;2*1-2;/h1-5H,7H2;1-5H;;;. The summed E-state index contributed by atoms with van der Waals surface area (Å²) in [4.78, 5) is 0.